The minimum absolute atomic E-state index is 0.418. The Morgan fingerprint density at radius 1 is 1.32 bits per heavy atom. The average molecular weight is 262 g/mol. The van der Waals surface area contributed by atoms with Crippen LogP contribution in [-0.2, 0) is 0 Å². The predicted molar refractivity (Wildman–Crippen MR) is 78.4 cm³/mol. The van der Waals surface area contributed by atoms with Gasteiger partial charge in [0.25, 0.3) is 0 Å². The maximum atomic E-state index is 5.55. The molecule has 1 saturated carbocycles. The van der Waals surface area contributed by atoms with Crippen LogP contribution in [0, 0.1) is 5.92 Å². The monoisotopic (exact) mass is 262 g/mol. The third kappa shape index (κ3) is 4.20. The lowest BCUT2D eigenvalue weighted by molar-refractivity contribution is 0.336. The Balaban J connectivity index is 2.05. The van der Waals surface area contributed by atoms with Crippen molar-refractivity contribution in [3.63, 3.8) is 0 Å². The Labute approximate surface area is 116 Å². The van der Waals surface area contributed by atoms with E-state index in [2.05, 4.69) is 23.3 Å². The number of rotatable bonds is 7. The Bertz CT molecular complexity index is 375. The minimum atomic E-state index is 0.418. The topological polar surface area (TPSA) is 34.2 Å². The van der Waals surface area contributed by atoms with Gasteiger partial charge < -0.3 is 10.1 Å². The number of aromatic nitrogens is 1. The summed E-state index contributed by atoms with van der Waals surface area (Å²) in [5, 5.41) is 3.60. The van der Waals surface area contributed by atoms with Crippen molar-refractivity contribution in [3.05, 3.63) is 24.0 Å². The molecule has 0 saturated heterocycles. The number of nitrogens with zero attached hydrogens (tertiary/aromatic N) is 1. The Kier molecular flexibility index (Phi) is 5.64. The second-order valence-electron chi connectivity index (χ2n) is 5.38. The van der Waals surface area contributed by atoms with E-state index < -0.39 is 0 Å². The molecule has 0 amide bonds. The largest absolute Gasteiger partial charge is 0.492 e. The highest BCUT2D eigenvalue weighted by molar-refractivity contribution is 5.26. The molecule has 1 unspecified atom stereocenters. The number of ether oxygens (including phenoxy) is 1. The van der Waals surface area contributed by atoms with Crippen molar-refractivity contribution in [3.8, 4) is 5.75 Å². The number of hydrogen-bond acceptors (Lipinski definition) is 3. The van der Waals surface area contributed by atoms with E-state index in [4.69, 9.17) is 4.74 Å². The van der Waals surface area contributed by atoms with Crippen molar-refractivity contribution in [2.24, 2.45) is 5.92 Å². The Morgan fingerprint density at radius 2 is 2.11 bits per heavy atom. The van der Waals surface area contributed by atoms with Crippen LogP contribution in [0.4, 0.5) is 0 Å². The molecule has 1 fully saturated rings. The number of hydrogen-bond donors (Lipinski definition) is 1. The van der Waals surface area contributed by atoms with Gasteiger partial charge in [-0.2, -0.15) is 0 Å². The standard InChI is InChI=1S/C16H26N2O/c1-3-18-16(9-13-7-5-6-8-13)14-10-15(19-4-2)12-17-11-14/h10-13,16,18H,3-9H2,1-2H3. The van der Waals surface area contributed by atoms with Gasteiger partial charge in [0, 0.05) is 12.2 Å². The van der Waals surface area contributed by atoms with E-state index in [0.717, 1.165) is 18.2 Å². The zero-order chi connectivity index (χ0) is 13.5. The fourth-order valence-electron chi connectivity index (χ4n) is 3.03. The molecule has 0 aliphatic heterocycles. The van der Waals surface area contributed by atoms with E-state index in [1.54, 1.807) is 6.20 Å². The highest BCUT2D eigenvalue weighted by atomic mass is 16.5. The normalized spacial score (nSPS) is 17.6. The summed E-state index contributed by atoms with van der Waals surface area (Å²) in [6, 6.07) is 2.56. The van der Waals surface area contributed by atoms with Crippen molar-refractivity contribution in [1.82, 2.24) is 10.3 Å². The summed E-state index contributed by atoms with van der Waals surface area (Å²) < 4.78 is 5.55. The molecule has 1 N–H and O–H groups in total. The van der Waals surface area contributed by atoms with E-state index in [1.807, 2.05) is 13.1 Å². The first kappa shape index (κ1) is 14.3. The van der Waals surface area contributed by atoms with Gasteiger partial charge in [-0.15, -0.1) is 0 Å². The fraction of sp³-hybridized carbons (Fsp3) is 0.688. The first-order valence-electron chi connectivity index (χ1n) is 7.64. The third-order valence-corrected chi connectivity index (χ3v) is 3.94. The van der Waals surface area contributed by atoms with Crippen molar-refractivity contribution >= 4 is 0 Å². The van der Waals surface area contributed by atoms with Crippen LogP contribution in [-0.4, -0.2) is 18.1 Å². The van der Waals surface area contributed by atoms with Crippen molar-refractivity contribution in [2.75, 3.05) is 13.2 Å². The molecular weight excluding hydrogens is 236 g/mol. The number of nitrogens with one attached hydrogen (secondary N) is 1. The molecule has 1 aromatic heterocycles. The van der Waals surface area contributed by atoms with Crippen LogP contribution in [0.25, 0.3) is 0 Å². The smallest absolute Gasteiger partial charge is 0.137 e. The molecule has 0 radical (unpaired) electrons. The van der Waals surface area contributed by atoms with Gasteiger partial charge in [0.1, 0.15) is 5.75 Å². The van der Waals surface area contributed by atoms with Crippen LogP contribution in [0.1, 0.15) is 57.6 Å². The molecule has 19 heavy (non-hydrogen) atoms. The number of pyridine rings is 1. The van der Waals surface area contributed by atoms with E-state index in [-0.39, 0.29) is 0 Å². The summed E-state index contributed by atoms with van der Waals surface area (Å²) in [5.74, 6) is 1.76. The summed E-state index contributed by atoms with van der Waals surface area (Å²) in [7, 11) is 0. The lowest BCUT2D eigenvalue weighted by Gasteiger charge is -2.22. The van der Waals surface area contributed by atoms with Gasteiger partial charge >= 0.3 is 0 Å². The molecule has 0 aromatic carbocycles. The maximum Gasteiger partial charge on any atom is 0.137 e. The average Bonchev–Trinajstić information content (AvgIpc) is 2.92. The molecular formula is C16H26N2O. The highest BCUT2D eigenvalue weighted by Crippen LogP contribution is 2.33. The van der Waals surface area contributed by atoms with Crippen LogP contribution in [0.3, 0.4) is 0 Å². The highest BCUT2D eigenvalue weighted by Gasteiger charge is 2.21. The van der Waals surface area contributed by atoms with E-state index >= 15 is 0 Å². The first-order chi connectivity index (χ1) is 9.33. The lowest BCUT2D eigenvalue weighted by atomic mass is 9.94. The van der Waals surface area contributed by atoms with Crippen molar-refractivity contribution < 1.29 is 4.74 Å². The summed E-state index contributed by atoms with van der Waals surface area (Å²) in [6.45, 7) is 5.87. The SMILES string of the molecule is CCNC(CC1CCCC1)c1cncc(OCC)c1. The molecule has 1 heterocycles. The zero-order valence-corrected chi connectivity index (χ0v) is 12.2. The first-order valence-corrected chi connectivity index (χ1v) is 7.64. The summed E-state index contributed by atoms with van der Waals surface area (Å²) >= 11 is 0. The van der Waals surface area contributed by atoms with Crippen molar-refractivity contribution in [2.45, 2.75) is 52.0 Å². The maximum absolute atomic E-state index is 5.55. The van der Waals surface area contributed by atoms with E-state index in [0.29, 0.717) is 12.6 Å². The molecule has 2 rings (SSSR count). The van der Waals surface area contributed by atoms with Gasteiger partial charge in [0.05, 0.1) is 12.8 Å². The van der Waals surface area contributed by atoms with Crippen LogP contribution in [0.5, 0.6) is 5.75 Å². The zero-order valence-electron chi connectivity index (χ0n) is 12.2. The van der Waals surface area contributed by atoms with Gasteiger partial charge in [-0.3, -0.25) is 4.98 Å². The fourth-order valence-corrected chi connectivity index (χ4v) is 3.03. The molecule has 1 atom stereocenters. The molecule has 3 heteroatoms. The third-order valence-electron chi connectivity index (χ3n) is 3.94. The predicted octanol–water partition coefficient (Wildman–Crippen LogP) is 3.71. The second kappa shape index (κ2) is 7.49. The molecule has 3 nitrogen and oxygen atoms in total. The minimum Gasteiger partial charge on any atom is -0.492 e. The van der Waals surface area contributed by atoms with Crippen LogP contribution in [0.2, 0.25) is 0 Å². The van der Waals surface area contributed by atoms with Crippen molar-refractivity contribution in [1.29, 1.82) is 0 Å². The summed E-state index contributed by atoms with van der Waals surface area (Å²) in [5.41, 5.74) is 1.26. The van der Waals surface area contributed by atoms with Crippen LogP contribution < -0.4 is 10.1 Å². The van der Waals surface area contributed by atoms with Gasteiger partial charge in [-0.05, 0) is 37.4 Å². The van der Waals surface area contributed by atoms with E-state index in [9.17, 15) is 0 Å². The molecule has 0 spiro atoms. The molecule has 1 aliphatic carbocycles. The molecule has 0 bridgehead atoms. The lowest BCUT2D eigenvalue weighted by Crippen LogP contribution is -2.23. The Hall–Kier alpha value is -1.09. The molecule has 1 aliphatic rings. The van der Waals surface area contributed by atoms with E-state index in [1.165, 1.54) is 37.7 Å². The summed E-state index contributed by atoms with van der Waals surface area (Å²) in [4.78, 5) is 4.32. The van der Waals surface area contributed by atoms with Crippen LogP contribution in [0.15, 0.2) is 18.5 Å². The summed E-state index contributed by atoms with van der Waals surface area (Å²) in [6.07, 6.45) is 10.6. The van der Waals surface area contributed by atoms with Gasteiger partial charge in [0.15, 0.2) is 0 Å². The second-order valence-corrected chi connectivity index (χ2v) is 5.38. The quantitative estimate of drug-likeness (QED) is 0.813. The molecule has 1 aromatic rings. The van der Waals surface area contributed by atoms with Gasteiger partial charge in [0.2, 0.25) is 0 Å². The Morgan fingerprint density at radius 3 is 2.79 bits per heavy atom. The van der Waals surface area contributed by atoms with Crippen LogP contribution >= 0.6 is 0 Å². The van der Waals surface area contributed by atoms with Gasteiger partial charge in [-0.25, -0.2) is 0 Å². The van der Waals surface area contributed by atoms with Gasteiger partial charge in [-0.1, -0.05) is 32.6 Å². The molecule has 106 valence electrons.